The maximum atomic E-state index is 12.5. The van der Waals surface area contributed by atoms with E-state index in [1.54, 1.807) is 0 Å². The van der Waals surface area contributed by atoms with Crippen molar-refractivity contribution in [2.24, 2.45) is 29.1 Å². The Labute approximate surface area is 188 Å². The van der Waals surface area contributed by atoms with Crippen molar-refractivity contribution in [2.45, 2.75) is 90.8 Å². The average molecular weight is 425 g/mol. The van der Waals surface area contributed by atoms with Gasteiger partial charge in [0.15, 0.2) is 5.78 Å². The molecule has 4 aliphatic rings. The van der Waals surface area contributed by atoms with Gasteiger partial charge in [0.1, 0.15) is 0 Å². The molecule has 0 radical (unpaired) electrons. The molecule has 7 atom stereocenters. The summed E-state index contributed by atoms with van der Waals surface area (Å²) >= 11 is 0. The van der Waals surface area contributed by atoms with Crippen LogP contribution in [0.5, 0.6) is 0 Å². The highest BCUT2D eigenvalue weighted by molar-refractivity contribution is 5.99. The molecule has 0 amide bonds. The minimum atomic E-state index is -0.629. The van der Waals surface area contributed by atoms with Gasteiger partial charge in [-0.1, -0.05) is 51.2 Å². The highest BCUT2D eigenvalue weighted by atomic mass is 16.3. The van der Waals surface area contributed by atoms with E-state index in [0.717, 1.165) is 36.0 Å². The van der Waals surface area contributed by atoms with Gasteiger partial charge in [-0.15, -0.1) is 0 Å². The highest BCUT2D eigenvalue weighted by Crippen LogP contribution is 2.59. The maximum absolute atomic E-state index is 12.5. The molecule has 0 aromatic rings. The minimum absolute atomic E-state index is 0.203. The number of fused-ring (bicyclic) bond motifs is 1. The number of carbonyl (C=O) groups excluding carboxylic acids is 1. The van der Waals surface area contributed by atoms with Crippen molar-refractivity contribution in [3.05, 3.63) is 47.1 Å². The number of aliphatic hydroxyl groups is 2. The molecule has 0 aliphatic heterocycles. The summed E-state index contributed by atoms with van der Waals surface area (Å²) in [5.74, 6) is 2.24. The predicted molar refractivity (Wildman–Crippen MR) is 125 cm³/mol. The van der Waals surface area contributed by atoms with Crippen LogP contribution < -0.4 is 0 Å². The number of hydrogen-bond donors (Lipinski definition) is 2. The van der Waals surface area contributed by atoms with Crippen LogP contribution in [0, 0.1) is 29.1 Å². The van der Waals surface area contributed by atoms with Crippen molar-refractivity contribution < 1.29 is 15.0 Å². The molecule has 2 unspecified atom stereocenters. The Morgan fingerprint density at radius 3 is 2.61 bits per heavy atom. The lowest BCUT2D eigenvalue weighted by molar-refractivity contribution is -0.117. The maximum Gasteiger partial charge on any atom is 0.161 e. The monoisotopic (exact) mass is 424 g/mol. The molecule has 4 fully saturated rings. The van der Waals surface area contributed by atoms with Gasteiger partial charge >= 0.3 is 0 Å². The van der Waals surface area contributed by atoms with Crippen molar-refractivity contribution in [1.29, 1.82) is 0 Å². The van der Waals surface area contributed by atoms with Gasteiger partial charge < -0.3 is 10.2 Å². The van der Waals surface area contributed by atoms with Gasteiger partial charge in [0, 0.05) is 12.3 Å². The molecule has 0 aromatic carbocycles. The molecule has 3 heteroatoms. The average Bonchev–Trinajstić information content (AvgIpc) is 3.23. The number of rotatable bonds is 3. The summed E-state index contributed by atoms with van der Waals surface area (Å²) in [6.07, 6.45) is 14.6. The summed E-state index contributed by atoms with van der Waals surface area (Å²) in [6.45, 7) is 10.9. The fourth-order valence-corrected chi connectivity index (χ4v) is 7.15. The van der Waals surface area contributed by atoms with Crippen LogP contribution in [0.15, 0.2) is 47.1 Å². The standard InChI is InChI=1S/C28H40O3/c1-17-7-8-22(27(17)31)14-18(2)24-11-12-25-20(6-5-13-28(24,25)4)9-10-21-15-23(29)16-26(30)19(21)3/h9-10,14,17-18,23-26,29-30H,3,5-8,11-13,15-16H2,1-2,4H3/t17?,18-,23+,24+,25?,26-,28+/m0/s1. The van der Waals surface area contributed by atoms with Crippen LogP contribution in [0.4, 0.5) is 0 Å². The molecule has 4 rings (SSSR count). The van der Waals surface area contributed by atoms with E-state index in [9.17, 15) is 15.0 Å². The first-order valence-corrected chi connectivity index (χ1v) is 12.4. The van der Waals surface area contributed by atoms with Crippen LogP contribution in [-0.4, -0.2) is 28.2 Å². The predicted octanol–water partition coefficient (Wildman–Crippen LogP) is 5.69. The summed E-state index contributed by atoms with van der Waals surface area (Å²) in [4.78, 5) is 12.5. The van der Waals surface area contributed by atoms with Crippen molar-refractivity contribution in [3.8, 4) is 0 Å². The Morgan fingerprint density at radius 1 is 1.13 bits per heavy atom. The molecular formula is C28H40O3. The topological polar surface area (TPSA) is 57.5 Å². The fraction of sp³-hybridized carbons (Fsp3) is 0.679. The second kappa shape index (κ2) is 8.83. The van der Waals surface area contributed by atoms with Gasteiger partial charge in [0.05, 0.1) is 12.2 Å². The van der Waals surface area contributed by atoms with E-state index in [2.05, 4.69) is 45.6 Å². The minimum Gasteiger partial charge on any atom is -0.393 e. The van der Waals surface area contributed by atoms with Crippen LogP contribution in [0.2, 0.25) is 0 Å². The van der Waals surface area contributed by atoms with Crippen molar-refractivity contribution >= 4 is 5.78 Å². The number of Topliss-reactive ketones (excluding diaryl/α,β-unsaturated/α-hetero) is 1. The lowest BCUT2D eigenvalue weighted by atomic mass is 9.61. The molecule has 0 heterocycles. The molecule has 31 heavy (non-hydrogen) atoms. The van der Waals surface area contributed by atoms with Gasteiger partial charge in [0.2, 0.25) is 0 Å². The van der Waals surface area contributed by atoms with Gasteiger partial charge in [-0.2, -0.15) is 0 Å². The zero-order valence-corrected chi connectivity index (χ0v) is 19.6. The summed E-state index contributed by atoms with van der Waals surface area (Å²) in [5.41, 5.74) is 4.65. The Morgan fingerprint density at radius 2 is 1.90 bits per heavy atom. The third kappa shape index (κ3) is 4.28. The van der Waals surface area contributed by atoms with E-state index in [1.807, 2.05) is 0 Å². The first kappa shape index (κ1) is 22.7. The summed E-state index contributed by atoms with van der Waals surface area (Å²) in [6, 6.07) is 0. The van der Waals surface area contributed by atoms with Crippen LogP contribution in [-0.2, 0) is 4.79 Å². The van der Waals surface area contributed by atoms with Gasteiger partial charge in [0.25, 0.3) is 0 Å². The fourth-order valence-electron chi connectivity index (χ4n) is 7.15. The lowest BCUT2D eigenvalue weighted by Gasteiger charge is -2.44. The van der Waals surface area contributed by atoms with Crippen molar-refractivity contribution in [2.75, 3.05) is 0 Å². The van der Waals surface area contributed by atoms with Crippen LogP contribution in [0.25, 0.3) is 0 Å². The Kier molecular flexibility index (Phi) is 6.47. The Bertz CT molecular complexity index is 831. The number of aliphatic hydroxyl groups excluding tert-OH is 2. The molecule has 0 spiro atoms. The largest absolute Gasteiger partial charge is 0.393 e. The second-order valence-corrected chi connectivity index (χ2v) is 11.0. The van der Waals surface area contributed by atoms with Crippen LogP contribution >= 0.6 is 0 Å². The third-order valence-corrected chi connectivity index (χ3v) is 9.01. The normalized spacial score (nSPS) is 43.8. The first-order valence-electron chi connectivity index (χ1n) is 12.4. The summed E-state index contributed by atoms with van der Waals surface area (Å²) < 4.78 is 0. The molecule has 2 N–H and O–H groups in total. The molecule has 0 bridgehead atoms. The molecule has 0 aromatic heterocycles. The van der Waals surface area contributed by atoms with E-state index < -0.39 is 12.2 Å². The van der Waals surface area contributed by atoms with E-state index in [1.165, 1.54) is 31.3 Å². The molecule has 0 saturated heterocycles. The number of carbonyl (C=O) groups is 1. The Balaban J connectivity index is 1.53. The van der Waals surface area contributed by atoms with Gasteiger partial charge in [-0.05, 0) is 91.3 Å². The molecular weight excluding hydrogens is 384 g/mol. The SMILES string of the molecule is C=C1C(=CC=C2CCC[C@@]3(C)C2CC[C@@H]3[C@@H](C)C=C2CCC(C)C2=O)C[C@@H](O)C[C@@H]1O. The van der Waals surface area contributed by atoms with E-state index in [0.29, 0.717) is 36.4 Å². The zero-order chi connectivity index (χ0) is 22.3. The van der Waals surface area contributed by atoms with Crippen LogP contribution in [0.1, 0.15) is 78.6 Å². The summed E-state index contributed by atoms with van der Waals surface area (Å²) in [7, 11) is 0. The smallest absolute Gasteiger partial charge is 0.161 e. The first-order chi connectivity index (χ1) is 14.7. The van der Waals surface area contributed by atoms with Crippen molar-refractivity contribution in [1.82, 2.24) is 0 Å². The highest BCUT2D eigenvalue weighted by Gasteiger charge is 2.50. The van der Waals surface area contributed by atoms with E-state index >= 15 is 0 Å². The van der Waals surface area contributed by atoms with Gasteiger partial charge in [-0.3, -0.25) is 4.79 Å². The second-order valence-electron chi connectivity index (χ2n) is 11.0. The molecule has 170 valence electrons. The number of allylic oxidation sites excluding steroid dienone is 5. The van der Waals surface area contributed by atoms with Crippen LogP contribution in [0.3, 0.4) is 0 Å². The molecule has 4 aliphatic carbocycles. The number of hydrogen-bond acceptors (Lipinski definition) is 3. The lowest BCUT2D eigenvalue weighted by Crippen LogP contribution is -2.35. The van der Waals surface area contributed by atoms with E-state index in [-0.39, 0.29) is 11.3 Å². The molecule has 3 nitrogen and oxygen atoms in total. The third-order valence-electron chi connectivity index (χ3n) is 9.01. The quantitative estimate of drug-likeness (QED) is 0.572. The zero-order valence-electron chi connectivity index (χ0n) is 19.6. The van der Waals surface area contributed by atoms with Gasteiger partial charge in [-0.25, -0.2) is 0 Å². The van der Waals surface area contributed by atoms with E-state index in [4.69, 9.17) is 0 Å². The summed E-state index contributed by atoms with van der Waals surface area (Å²) in [5, 5.41) is 20.2. The Hall–Kier alpha value is -1.45. The number of ketones is 1. The van der Waals surface area contributed by atoms with Crippen molar-refractivity contribution in [3.63, 3.8) is 0 Å². The molecule has 4 saturated carbocycles.